The van der Waals surface area contributed by atoms with Crippen molar-refractivity contribution in [1.29, 1.82) is 0 Å². The smallest absolute Gasteiger partial charge is 0.186 e. The SMILES string of the molecule is O=Cc1[nH]nc2ncnc(Cl)c12. The normalized spacial score (nSPS) is 10.4. The molecule has 2 rings (SSSR count). The number of nitrogens with zero attached hydrogens (tertiary/aromatic N) is 3. The van der Waals surface area contributed by atoms with Gasteiger partial charge in [-0.1, -0.05) is 11.6 Å². The fourth-order valence-corrected chi connectivity index (χ4v) is 1.16. The van der Waals surface area contributed by atoms with Crippen molar-refractivity contribution in [1.82, 2.24) is 20.2 Å². The average Bonchev–Trinajstić information content (AvgIpc) is 2.49. The van der Waals surface area contributed by atoms with Crippen molar-refractivity contribution in [2.75, 3.05) is 0 Å². The van der Waals surface area contributed by atoms with Gasteiger partial charge in [0.1, 0.15) is 17.2 Å². The molecule has 6 heteroatoms. The van der Waals surface area contributed by atoms with Crippen molar-refractivity contribution in [3.05, 3.63) is 17.2 Å². The quantitative estimate of drug-likeness (QED) is 0.524. The maximum Gasteiger partial charge on any atom is 0.186 e. The molecule has 0 atom stereocenters. The standard InChI is InChI=1S/C6H3ClN4O/c7-5-4-3(1-12)10-11-6(4)9-2-8-5/h1-2H,(H,8,9,10,11). The zero-order valence-electron chi connectivity index (χ0n) is 5.78. The molecule has 0 spiro atoms. The first-order valence-corrected chi connectivity index (χ1v) is 3.50. The Labute approximate surface area is 71.8 Å². The number of aldehydes is 1. The summed E-state index contributed by atoms with van der Waals surface area (Å²) in [7, 11) is 0. The molecular weight excluding hydrogens is 180 g/mol. The molecule has 1 N–H and O–H groups in total. The molecule has 12 heavy (non-hydrogen) atoms. The van der Waals surface area contributed by atoms with Gasteiger partial charge in [-0.05, 0) is 0 Å². The number of fused-ring (bicyclic) bond motifs is 1. The van der Waals surface area contributed by atoms with E-state index in [4.69, 9.17) is 11.6 Å². The van der Waals surface area contributed by atoms with Crippen LogP contribution in [0.5, 0.6) is 0 Å². The number of hydrogen-bond acceptors (Lipinski definition) is 4. The van der Waals surface area contributed by atoms with Gasteiger partial charge in [0.15, 0.2) is 11.9 Å². The van der Waals surface area contributed by atoms with Gasteiger partial charge in [-0.2, -0.15) is 5.10 Å². The fraction of sp³-hybridized carbons (Fsp3) is 0. The predicted octanol–water partition coefficient (Wildman–Crippen LogP) is 0.819. The largest absolute Gasteiger partial charge is 0.296 e. The van der Waals surface area contributed by atoms with E-state index in [2.05, 4.69) is 20.2 Å². The third kappa shape index (κ3) is 0.868. The van der Waals surface area contributed by atoms with E-state index in [-0.39, 0.29) is 5.15 Å². The highest BCUT2D eigenvalue weighted by Gasteiger charge is 2.09. The minimum absolute atomic E-state index is 0.232. The predicted molar refractivity (Wildman–Crippen MR) is 42.1 cm³/mol. The molecule has 2 heterocycles. The number of rotatable bonds is 1. The van der Waals surface area contributed by atoms with Gasteiger partial charge in [-0.25, -0.2) is 9.97 Å². The van der Waals surface area contributed by atoms with Crippen LogP contribution in [0.3, 0.4) is 0 Å². The van der Waals surface area contributed by atoms with E-state index in [1.165, 1.54) is 6.33 Å². The van der Waals surface area contributed by atoms with E-state index < -0.39 is 0 Å². The van der Waals surface area contributed by atoms with E-state index >= 15 is 0 Å². The van der Waals surface area contributed by atoms with Crippen molar-refractivity contribution in [3.63, 3.8) is 0 Å². The Morgan fingerprint density at radius 1 is 1.50 bits per heavy atom. The Hall–Kier alpha value is -1.49. The van der Waals surface area contributed by atoms with Gasteiger partial charge in [0, 0.05) is 0 Å². The van der Waals surface area contributed by atoms with Gasteiger partial charge in [0.25, 0.3) is 0 Å². The molecule has 0 amide bonds. The number of halogens is 1. The highest BCUT2D eigenvalue weighted by Crippen LogP contribution is 2.19. The van der Waals surface area contributed by atoms with Gasteiger partial charge < -0.3 is 0 Å². The number of carbonyl (C=O) groups excluding carboxylic acids is 1. The Balaban J connectivity index is 2.91. The number of hydrogen-bond donors (Lipinski definition) is 1. The summed E-state index contributed by atoms with van der Waals surface area (Å²) >= 11 is 5.71. The van der Waals surface area contributed by atoms with Crippen LogP contribution < -0.4 is 0 Å². The molecule has 2 aromatic rings. The lowest BCUT2D eigenvalue weighted by Crippen LogP contribution is -1.83. The number of aromatic nitrogens is 4. The first kappa shape index (κ1) is 7.17. The molecule has 0 bridgehead atoms. The maximum atomic E-state index is 10.4. The summed E-state index contributed by atoms with van der Waals surface area (Å²) < 4.78 is 0. The molecule has 0 aliphatic rings. The molecule has 0 aliphatic heterocycles. The van der Waals surface area contributed by atoms with Gasteiger partial charge in [-0.3, -0.25) is 9.89 Å². The zero-order chi connectivity index (χ0) is 8.55. The molecule has 0 radical (unpaired) electrons. The summed E-state index contributed by atoms with van der Waals surface area (Å²) in [5.74, 6) is 0. The van der Waals surface area contributed by atoms with Crippen molar-refractivity contribution >= 4 is 28.9 Å². The molecule has 60 valence electrons. The monoisotopic (exact) mass is 182 g/mol. The number of H-pyrrole nitrogens is 1. The van der Waals surface area contributed by atoms with Gasteiger partial charge in [0.2, 0.25) is 0 Å². The van der Waals surface area contributed by atoms with Crippen LogP contribution in [0.25, 0.3) is 11.0 Å². The number of nitrogens with one attached hydrogen (secondary N) is 1. The molecular formula is C6H3ClN4O. The Morgan fingerprint density at radius 2 is 2.33 bits per heavy atom. The van der Waals surface area contributed by atoms with Crippen LogP contribution in [0.15, 0.2) is 6.33 Å². The Kier molecular flexibility index (Phi) is 1.51. The molecule has 0 aliphatic carbocycles. The highest BCUT2D eigenvalue weighted by atomic mass is 35.5. The van der Waals surface area contributed by atoms with Crippen molar-refractivity contribution in [2.45, 2.75) is 0 Å². The van der Waals surface area contributed by atoms with Crippen molar-refractivity contribution in [2.24, 2.45) is 0 Å². The first-order chi connectivity index (χ1) is 5.83. The lowest BCUT2D eigenvalue weighted by atomic mass is 10.3. The van der Waals surface area contributed by atoms with Crippen LogP contribution in [0.2, 0.25) is 5.15 Å². The summed E-state index contributed by atoms with van der Waals surface area (Å²) in [5, 5.41) is 6.96. The molecule has 0 unspecified atom stereocenters. The molecule has 0 saturated carbocycles. The van der Waals surface area contributed by atoms with E-state index in [0.717, 1.165) is 0 Å². The van der Waals surface area contributed by atoms with Crippen LogP contribution in [-0.2, 0) is 0 Å². The van der Waals surface area contributed by atoms with Gasteiger partial charge in [0.05, 0.1) is 5.39 Å². The van der Waals surface area contributed by atoms with Crippen LogP contribution >= 0.6 is 11.6 Å². The minimum atomic E-state index is 0.232. The third-order valence-corrected chi connectivity index (χ3v) is 1.74. The Morgan fingerprint density at radius 3 is 3.08 bits per heavy atom. The molecule has 0 aromatic carbocycles. The van der Waals surface area contributed by atoms with Crippen LogP contribution in [0, 0.1) is 0 Å². The summed E-state index contributed by atoms with van der Waals surface area (Å²) in [6.07, 6.45) is 1.92. The summed E-state index contributed by atoms with van der Waals surface area (Å²) in [6.45, 7) is 0. The van der Waals surface area contributed by atoms with E-state index in [9.17, 15) is 4.79 Å². The van der Waals surface area contributed by atoms with Crippen molar-refractivity contribution < 1.29 is 4.79 Å². The average molecular weight is 183 g/mol. The maximum absolute atomic E-state index is 10.4. The van der Waals surface area contributed by atoms with Crippen molar-refractivity contribution in [3.8, 4) is 0 Å². The highest BCUT2D eigenvalue weighted by molar-refractivity contribution is 6.34. The molecule has 2 aromatic heterocycles. The minimum Gasteiger partial charge on any atom is -0.296 e. The Bertz CT molecular complexity index is 438. The zero-order valence-corrected chi connectivity index (χ0v) is 6.54. The topological polar surface area (TPSA) is 71.5 Å². The fourth-order valence-electron chi connectivity index (χ4n) is 0.926. The van der Waals surface area contributed by atoms with E-state index in [1.807, 2.05) is 0 Å². The number of carbonyl (C=O) groups is 1. The summed E-state index contributed by atoms with van der Waals surface area (Å²) in [5.41, 5.74) is 0.702. The molecule has 0 saturated heterocycles. The van der Waals surface area contributed by atoms with Gasteiger partial charge >= 0.3 is 0 Å². The van der Waals surface area contributed by atoms with E-state index in [0.29, 0.717) is 23.0 Å². The van der Waals surface area contributed by atoms with E-state index in [1.54, 1.807) is 0 Å². The lowest BCUT2D eigenvalue weighted by molar-refractivity contribution is 0.112. The summed E-state index contributed by atoms with van der Waals surface area (Å²) in [4.78, 5) is 18.0. The third-order valence-electron chi connectivity index (χ3n) is 1.45. The molecule has 5 nitrogen and oxygen atoms in total. The van der Waals surface area contributed by atoms with Gasteiger partial charge in [-0.15, -0.1) is 0 Å². The number of aromatic amines is 1. The first-order valence-electron chi connectivity index (χ1n) is 3.12. The second-order valence-corrected chi connectivity index (χ2v) is 2.48. The second-order valence-electron chi connectivity index (χ2n) is 2.12. The van der Waals surface area contributed by atoms with Crippen LogP contribution in [-0.4, -0.2) is 26.5 Å². The van der Waals surface area contributed by atoms with Crippen LogP contribution in [0.1, 0.15) is 10.5 Å². The second kappa shape index (κ2) is 2.53. The molecule has 0 fully saturated rings. The summed E-state index contributed by atoms with van der Waals surface area (Å²) in [6, 6.07) is 0. The van der Waals surface area contributed by atoms with Crippen LogP contribution in [0.4, 0.5) is 0 Å². The lowest BCUT2D eigenvalue weighted by Gasteiger charge is -1.88.